The van der Waals surface area contributed by atoms with Crippen LogP contribution >= 0.6 is 0 Å². The molecule has 116 valence electrons. The second-order valence-corrected chi connectivity index (χ2v) is 5.04. The molecule has 0 radical (unpaired) electrons. The molecule has 1 aromatic carbocycles. The predicted octanol–water partition coefficient (Wildman–Crippen LogP) is 1.76. The number of anilines is 1. The van der Waals surface area contributed by atoms with Crippen molar-refractivity contribution in [2.45, 2.75) is 26.8 Å². The first-order chi connectivity index (χ1) is 10.5. The van der Waals surface area contributed by atoms with Crippen LogP contribution in [0.15, 0.2) is 30.5 Å². The molecule has 6 nitrogen and oxygen atoms in total. The number of carbonyl (C=O) groups is 1. The van der Waals surface area contributed by atoms with Crippen LogP contribution in [-0.4, -0.2) is 22.5 Å². The summed E-state index contributed by atoms with van der Waals surface area (Å²) in [6, 6.07) is 7.60. The van der Waals surface area contributed by atoms with Crippen molar-refractivity contribution >= 4 is 11.7 Å². The lowest BCUT2D eigenvalue weighted by Crippen LogP contribution is -2.25. The molecule has 0 aliphatic heterocycles. The lowest BCUT2D eigenvalue weighted by molar-refractivity contribution is -0.121. The van der Waals surface area contributed by atoms with Gasteiger partial charge >= 0.3 is 0 Å². The van der Waals surface area contributed by atoms with Crippen molar-refractivity contribution in [3.63, 3.8) is 0 Å². The average Bonchev–Trinajstić information content (AvgIpc) is 2.49. The Labute approximate surface area is 129 Å². The Hall–Kier alpha value is -2.63. The van der Waals surface area contributed by atoms with Gasteiger partial charge in [0.15, 0.2) is 0 Å². The number of aryl methyl sites for hydroxylation is 2. The highest BCUT2D eigenvalue weighted by atomic mass is 16.5. The zero-order valence-electron chi connectivity index (χ0n) is 12.8. The first kappa shape index (κ1) is 15.8. The summed E-state index contributed by atoms with van der Waals surface area (Å²) in [7, 11) is 0. The minimum Gasteiger partial charge on any atom is -0.493 e. The number of rotatable bonds is 6. The Morgan fingerprint density at radius 2 is 2.14 bits per heavy atom. The molecule has 3 N–H and O–H groups in total. The van der Waals surface area contributed by atoms with E-state index in [0.29, 0.717) is 18.2 Å². The van der Waals surface area contributed by atoms with Crippen molar-refractivity contribution in [2.75, 3.05) is 12.3 Å². The fourth-order valence-corrected chi connectivity index (χ4v) is 1.88. The molecule has 0 fully saturated rings. The molecule has 0 aliphatic rings. The highest BCUT2D eigenvalue weighted by Gasteiger charge is 2.05. The van der Waals surface area contributed by atoms with Crippen molar-refractivity contribution in [2.24, 2.45) is 0 Å². The SMILES string of the molecule is Cc1ccc(C)c(OCCC(=O)NCc2nccc(N)n2)c1. The summed E-state index contributed by atoms with van der Waals surface area (Å²) < 4.78 is 5.65. The van der Waals surface area contributed by atoms with E-state index in [-0.39, 0.29) is 18.9 Å². The number of hydrogen-bond donors (Lipinski definition) is 2. The fraction of sp³-hybridized carbons (Fsp3) is 0.312. The number of nitrogens with two attached hydrogens (primary N) is 1. The maximum Gasteiger partial charge on any atom is 0.223 e. The summed E-state index contributed by atoms with van der Waals surface area (Å²) in [6.45, 7) is 4.57. The number of nitrogens with one attached hydrogen (secondary N) is 1. The van der Waals surface area contributed by atoms with E-state index in [4.69, 9.17) is 10.5 Å². The minimum atomic E-state index is -0.115. The molecule has 2 rings (SSSR count). The molecule has 0 aliphatic carbocycles. The summed E-state index contributed by atoms with van der Waals surface area (Å²) >= 11 is 0. The molecule has 0 atom stereocenters. The van der Waals surface area contributed by atoms with Crippen molar-refractivity contribution in [3.8, 4) is 5.75 Å². The van der Waals surface area contributed by atoms with E-state index in [1.165, 1.54) is 0 Å². The van der Waals surface area contributed by atoms with Gasteiger partial charge in [0.2, 0.25) is 5.91 Å². The molecule has 0 bridgehead atoms. The van der Waals surface area contributed by atoms with Crippen LogP contribution in [0.1, 0.15) is 23.4 Å². The summed E-state index contributed by atoms with van der Waals surface area (Å²) in [5, 5.41) is 2.74. The van der Waals surface area contributed by atoms with Crippen LogP contribution < -0.4 is 15.8 Å². The number of benzene rings is 1. The zero-order valence-corrected chi connectivity index (χ0v) is 12.8. The normalized spacial score (nSPS) is 10.3. The van der Waals surface area contributed by atoms with Crippen LogP contribution in [0.2, 0.25) is 0 Å². The van der Waals surface area contributed by atoms with Crippen LogP contribution in [-0.2, 0) is 11.3 Å². The van der Waals surface area contributed by atoms with E-state index in [1.54, 1.807) is 12.3 Å². The Balaban J connectivity index is 1.75. The van der Waals surface area contributed by atoms with Gasteiger partial charge in [-0.2, -0.15) is 0 Å². The quantitative estimate of drug-likeness (QED) is 0.848. The fourth-order valence-electron chi connectivity index (χ4n) is 1.88. The lowest BCUT2D eigenvalue weighted by Gasteiger charge is -2.10. The number of carbonyl (C=O) groups excluding carboxylic acids is 1. The van der Waals surface area contributed by atoms with Crippen LogP contribution in [0, 0.1) is 13.8 Å². The van der Waals surface area contributed by atoms with Crippen molar-refractivity contribution in [1.29, 1.82) is 0 Å². The second kappa shape index (κ2) is 7.40. The van der Waals surface area contributed by atoms with Crippen molar-refractivity contribution < 1.29 is 9.53 Å². The third-order valence-electron chi connectivity index (χ3n) is 3.10. The van der Waals surface area contributed by atoms with Gasteiger partial charge in [-0.15, -0.1) is 0 Å². The number of hydrogen-bond acceptors (Lipinski definition) is 5. The Bertz CT molecular complexity index is 658. The first-order valence-electron chi connectivity index (χ1n) is 7.09. The number of nitrogen functional groups attached to an aromatic ring is 1. The highest BCUT2D eigenvalue weighted by molar-refractivity contribution is 5.75. The molecule has 0 spiro atoms. The van der Waals surface area contributed by atoms with Crippen LogP contribution in [0.3, 0.4) is 0 Å². The van der Waals surface area contributed by atoms with E-state index < -0.39 is 0 Å². The monoisotopic (exact) mass is 300 g/mol. The van der Waals surface area contributed by atoms with E-state index in [9.17, 15) is 4.79 Å². The van der Waals surface area contributed by atoms with Gasteiger partial charge in [-0.25, -0.2) is 9.97 Å². The van der Waals surface area contributed by atoms with E-state index >= 15 is 0 Å². The molecule has 22 heavy (non-hydrogen) atoms. The van der Waals surface area contributed by atoms with Crippen LogP contribution in [0.25, 0.3) is 0 Å². The molecule has 6 heteroatoms. The number of amides is 1. The summed E-state index contributed by atoms with van der Waals surface area (Å²) in [6.07, 6.45) is 1.84. The Morgan fingerprint density at radius 1 is 1.32 bits per heavy atom. The van der Waals surface area contributed by atoms with Gasteiger partial charge in [0.05, 0.1) is 19.6 Å². The molecule has 2 aromatic rings. The van der Waals surface area contributed by atoms with E-state index in [2.05, 4.69) is 15.3 Å². The maximum absolute atomic E-state index is 11.8. The Morgan fingerprint density at radius 3 is 2.91 bits per heavy atom. The molecule has 1 amide bonds. The number of nitrogens with zero attached hydrogens (tertiary/aromatic N) is 2. The van der Waals surface area contributed by atoms with Gasteiger partial charge < -0.3 is 15.8 Å². The zero-order chi connectivity index (χ0) is 15.9. The maximum atomic E-state index is 11.8. The van der Waals surface area contributed by atoms with E-state index in [1.807, 2.05) is 32.0 Å². The summed E-state index contributed by atoms with van der Waals surface area (Å²) in [5.74, 6) is 1.57. The standard InChI is InChI=1S/C16H20N4O2/c1-11-3-4-12(2)13(9-11)22-8-6-16(21)19-10-15-18-7-5-14(17)20-15/h3-5,7,9H,6,8,10H2,1-2H3,(H,19,21)(H2,17,18,20). The topological polar surface area (TPSA) is 90.1 Å². The molecule has 0 saturated heterocycles. The number of aromatic nitrogens is 2. The van der Waals surface area contributed by atoms with Crippen LogP contribution in [0.5, 0.6) is 5.75 Å². The second-order valence-electron chi connectivity index (χ2n) is 5.04. The minimum absolute atomic E-state index is 0.115. The molecule has 0 unspecified atom stereocenters. The third kappa shape index (κ3) is 4.73. The average molecular weight is 300 g/mol. The third-order valence-corrected chi connectivity index (χ3v) is 3.10. The van der Waals surface area contributed by atoms with E-state index in [0.717, 1.165) is 16.9 Å². The van der Waals surface area contributed by atoms with Gasteiger partial charge in [0, 0.05) is 6.20 Å². The molecule has 1 heterocycles. The highest BCUT2D eigenvalue weighted by Crippen LogP contribution is 2.19. The predicted molar refractivity (Wildman–Crippen MR) is 84.3 cm³/mol. The first-order valence-corrected chi connectivity index (χ1v) is 7.09. The summed E-state index contributed by atoms with van der Waals surface area (Å²) in [5.41, 5.74) is 7.74. The number of ether oxygens (including phenoxy) is 1. The smallest absolute Gasteiger partial charge is 0.223 e. The molecular formula is C16H20N4O2. The van der Waals surface area contributed by atoms with Gasteiger partial charge in [-0.3, -0.25) is 4.79 Å². The van der Waals surface area contributed by atoms with Crippen LogP contribution in [0.4, 0.5) is 5.82 Å². The van der Waals surface area contributed by atoms with Crippen molar-refractivity contribution in [3.05, 3.63) is 47.4 Å². The van der Waals surface area contributed by atoms with Gasteiger partial charge in [0.1, 0.15) is 17.4 Å². The van der Waals surface area contributed by atoms with Crippen molar-refractivity contribution in [1.82, 2.24) is 15.3 Å². The Kier molecular flexibility index (Phi) is 5.30. The van der Waals surface area contributed by atoms with Gasteiger partial charge in [-0.05, 0) is 37.1 Å². The molecule has 0 saturated carbocycles. The lowest BCUT2D eigenvalue weighted by atomic mass is 10.1. The van der Waals surface area contributed by atoms with Gasteiger partial charge in [-0.1, -0.05) is 12.1 Å². The molecule has 1 aromatic heterocycles. The molecular weight excluding hydrogens is 280 g/mol. The summed E-state index contributed by atoms with van der Waals surface area (Å²) in [4.78, 5) is 19.8. The van der Waals surface area contributed by atoms with Gasteiger partial charge in [0.25, 0.3) is 0 Å². The largest absolute Gasteiger partial charge is 0.493 e.